The molecule has 0 aromatic heterocycles. The van der Waals surface area contributed by atoms with Crippen LogP contribution >= 0.6 is 0 Å². The standard InChI is InChI=1S/C23H22O4/c1-4-19-22(17-7-5-6-8-18(17)23(24)27-19)21-16-11-10-15(25-2)13-14(16)9-12-20(21)26-3/h5-13,23-24H,4H2,1-3H3. The maximum absolute atomic E-state index is 10.4. The van der Waals surface area contributed by atoms with E-state index in [0.29, 0.717) is 6.42 Å². The Labute approximate surface area is 158 Å². The molecule has 1 aliphatic rings. The fraction of sp³-hybridized carbons (Fsp3) is 0.217. The normalized spacial score (nSPS) is 16.1. The van der Waals surface area contributed by atoms with Crippen LogP contribution in [0.3, 0.4) is 0 Å². The Kier molecular flexibility index (Phi) is 4.50. The van der Waals surface area contributed by atoms with Crippen molar-refractivity contribution in [2.45, 2.75) is 19.6 Å². The third-order valence-corrected chi connectivity index (χ3v) is 5.01. The topological polar surface area (TPSA) is 47.9 Å². The van der Waals surface area contributed by atoms with Crippen molar-refractivity contribution in [2.24, 2.45) is 0 Å². The minimum atomic E-state index is -0.957. The van der Waals surface area contributed by atoms with Gasteiger partial charge in [0, 0.05) is 23.1 Å². The van der Waals surface area contributed by atoms with Crippen LogP contribution in [0, 0.1) is 0 Å². The van der Waals surface area contributed by atoms with Crippen molar-refractivity contribution in [2.75, 3.05) is 14.2 Å². The predicted octanol–water partition coefficient (Wildman–Crippen LogP) is 5.05. The molecule has 0 bridgehead atoms. The predicted molar refractivity (Wildman–Crippen MR) is 106 cm³/mol. The zero-order chi connectivity index (χ0) is 19.0. The van der Waals surface area contributed by atoms with E-state index in [9.17, 15) is 5.11 Å². The lowest BCUT2D eigenvalue weighted by Gasteiger charge is -2.29. The number of ether oxygens (including phenoxy) is 3. The molecular weight excluding hydrogens is 340 g/mol. The zero-order valence-corrected chi connectivity index (χ0v) is 15.7. The molecule has 4 rings (SSSR count). The van der Waals surface area contributed by atoms with E-state index in [-0.39, 0.29) is 0 Å². The number of allylic oxidation sites excluding steroid dienone is 1. The Hall–Kier alpha value is -2.98. The number of fused-ring (bicyclic) bond motifs is 2. The van der Waals surface area contributed by atoms with E-state index in [4.69, 9.17) is 14.2 Å². The van der Waals surface area contributed by atoms with E-state index in [1.165, 1.54) is 0 Å². The van der Waals surface area contributed by atoms with E-state index in [1.807, 2.05) is 61.5 Å². The van der Waals surface area contributed by atoms with Crippen LogP contribution in [0.15, 0.2) is 60.4 Å². The van der Waals surface area contributed by atoms with Gasteiger partial charge in [-0.05, 0) is 40.6 Å². The molecule has 4 heteroatoms. The van der Waals surface area contributed by atoms with Gasteiger partial charge < -0.3 is 19.3 Å². The second-order valence-corrected chi connectivity index (χ2v) is 6.44. The van der Waals surface area contributed by atoms with E-state index < -0.39 is 6.29 Å². The first-order chi connectivity index (χ1) is 13.2. The lowest BCUT2D eigenvalue weighted by molar-refractivity contribution is -0.0724. The number of methoxy groups -OCH3 is 2. The largest absolute Gasteiger partial charge is 0.497 e. The summed E-state index contributed by atoms with van der Waals surface area (Å²) in [6.45, 7) is 2.02. The van der Waals surface area contributed by atoms with Gasteiger partial charge in [0.2, 0.25) is 6.29 Å². The molecule has 0 fully saturated rings. The van der Waals surface area contributed by atoms with E-state index in [2.05, 4.69) is 0 Å². The molecule has 1 N–H and O–H groups in total. The Morgan fingerprint density at radius 1 is 1.00 bits per heavy atom. The van der Waals surface area contributed by atoms with Crippen LogP contribution in [0.25, 0.3) is 16.3 Å². The molecule has 3 aromatic carbocycles. The molecule has 27 heavy (non-hydrogen) atoms. The number of rotatable bonds is 4. The Morgan fingerprint density at radius 2 is 1.81 bits per heavy atom. The molecule has 3 aromatic rings. The van der Waals surface area contributed by atoms with Gasteiger partial charge in [-0.2, -0.15) is 0 Å². The average Bonchev–Trinajstić information content (AvgIpc) is 2.72. The summed E-state index contributed by atoms with van der Waals surface area (Å²) in [6.07, 6.45) is -0.294. The van der Waals surface area contributed by atoms with Gasteiger partial charge in [0.15, 0.2) is 0 Å². The second-order valence-electron chi connectivity index (χ2n) is 6.44. The van der Waals surface area contributed by atoms with Crippen molar-refractivity contribution in [1.82, 2.24) is 0 Å². The smallest absolute Gasteiger partial charge is 0.224 e. The van der Waals surface area contributed by atoms with Gasteiger partial charge in [-0.25, -0.2) is 0 Å². The third kappa shape index (κ3) is 2.82. The fourth-order valence-electron chi connectivity index (χ4n) is 3.72. The Bertz CT molecular complexity index is 1040. The van der Waals surface area contributed by atoms with Crippen LogP contribution in [0.4, 0.5) is 0 Å². The highest BCUT2D eigenvalue weighted by Gasteiger charge is 2.29. The molecule has 138 valence electrons. The number of aliphatic hydroxyl groups is 1. The molecule has 1 unspecified atom stereocenters. The highest BCUT2D eigenvalue weighted by molar-refractivity contribution is 6.02. The average molecular weight is 362 g/mol. The maximum atomic E-state index is 10.4. The minimum absolute atomic E-state index is 0.663. The van der Waals surface area contributed by atoms with Crippen molar-refractivity contribution < 1.29 is 19.3 Å². The summed E-state index contributed by atoms with van der Waals surface area (Å²) < 4.78 is 17.0. The van der Waals surface area contributed by atoms with Crippen LogP contribution in [0.2, 0.25) is 0 Å². The minimum Gasteiger partial charge on any atom is -0.497 e. The highest BCUT2D eigenvalue weighted by atomic mass is 16.6. The quantitative estimate of drug-likeness (QED) is 0.706. The highest BCUT2D eigenvalue weighted by Crippen LogP contribution is 2.45. The van der Waals surface area contributed by atoms with Crippen LogP contribution < -0.4 is 9.47 Å². The molecule has 0 aliphatic carbocycles. The van der Waals surface area contributed by atoms with Crippen LogP contribution in [0.5, 0.6) is 11.5 Å². The van der Waals surface area contributed by atoms with Gasteiger partial charge in [0.1, 0.15) is 17.3 Å². The van der Waals surface area contributed by atoms with E-state index in [0.717, 1.165) is 50.3 Å². The summed E-state index contributed by atoms with van der Waals surface area (Å²) in [7, 11) is 3.33. The monoisotopic (exact) mass is 362 g/mol. The molecular formula is C23H22O4. The molecule has 0 spiro atoms. The van der Waals surface area contributed by atoms with Gasteiger partial charge in [-0.15, -0.1) is 0 Å². The van der Waals surface area contributed by atoms with Gasteiger partial charge in [0.25, 0.3) is 0 Å². The van der Waals surface area contributed by atoms with E-state index in [1.54, 1.807) is 14.2 Å². The van der Waals surface area contributed by atoms with Crippen molar-refractivity contribution in [3.8, 4) is 11.5 Å². The molecule has 0 saturated heterocycles. The number of aliphatic hydroxyl groups excluding tert-OH is 1. The summed E-state index contributed by atoms with van der Waals surface area (Å²) in [5.41, 5.74) is 3.66. The lowest BCUT2D eigenvalue weighted by atomic mass is 9.87. The maximum Gasteiger partial charge on any atom is 0.224 e. The molecule has 0 amide bonds. The molecule has 4 nitrogen and oxygen atoms in total. The zero-order valence-electron chi connectivity index (χ0n) is 15.7. The summed E-state index contributed by atoms with van der Waals surface area (Å²) >= 11 is 0. The molecule has 1 atom stereocenters. The van der Waals surface area contributed by atoms with Gasteiger partial charge in [-0.1, -0.05) is 37.3 Å². The Balaban J connectivity index is 2.08. The first-order valence-corrected chi connectivity index (χ1v) is 9.00. The summed E-state index contributed by atoms with van der Waals surface area (Å²) in [6, 6.07) is 17.8. The fourth-order valence-corrected chi connectivity index (χ4v) is 3.72. The van der Waals surface area contributed by atoms with Crippen LogP contribution in [0.1, 0.15) is 36.3 Å². The molecule has 0 saturated carbocycles. The third-order valence-electron chi connectivity index (χ3n) is 5.01. The second kappa shape index (κ2) is 6.97. The first-order valence-electron chi connectivity index (χ1n) is 9.00. The molecule has 1 heterocycles. The summed E-state index contributed by atoms with van der Waals surface area (Å²) in [5.74, 6) is 2.32. The van der Waals surface area contributed by atoms with Crippen LogP contribution in [-0.4, -0.2) is 19.3 Å². The van der Waals surface area contributed by atoms with Crippen molar-refractivity contribution in [3.05, 3.63) is 77.0 Å². The molecule has 1 aliphatic heterocycles. The summed E-state index contributed by atoms with van der Waals surface area (Å²) in [5, 5.41) is 12.5. The van der Waals surface area contributed by atoms with Crippen LogP contribution in [-0.2, 0) is 4.74 Å². The Morgan fingerprint density at radius 3 is 2.56 bits per heavy atom. The number of hydrogen-bond donors (Lipinski definition) is 1. The van der Waals surface area contributed by atoms with Gasteiger partial charge in [0.05, 0.1) is 14.2 Å². The lowest BCUT2D eigenvalue weighted by Crippen LogP contribution is -2.14. The van der Waals surface area contributed by atoms with Crippen molar-refractivity contribution in [1.29, 1.82) is 0 Å². The van der Waals surface area contributed by atoms with Gasteiger partial charge >= 0.3 is 0 Å². The number of hydrogen-bond acceptors (Lipinski definition) is 4. The van der Waals surface area contributed by atoms with E-state index >= 15 is 0 Å². The summed E-state index contributed by atoms with van der Waals surface area (Å²) in [4.78, 5) is 0. The SMILES string of the molecule is CCC1=C(c2c(OC)ccc3cc(OC)ccc23)c2ccccc2C(O)O1. The molecule has 0 radical (unpaired) electrons. The van der Waals surface area contributed by atoms with Crippen molar-refractivity contribution >= 4 is 16.3 Å². The van der Waals surface area contributed by atoms with Gasteiger partial charge in [-0.3, -0.25) is 0 Å². The first kappa shape index (κ1) is 17.4. The van der Waals surface area contributed by atoms with Crippen molar-refractivity contribution in [3.63, 3.8) is 0 Å². The number of benzene rings is 3.